The lowest BCUT2D eigenvalue weighted by atomic mass is 10.1. The van der Waals surface area contributed by atoms with E-state index in [0.717, 1.165) is 0 Å². The van der Waals surface area contributed by atoms with Gasteiger partial charge in [-0.2, -0.15) is 5.26 Å². The van der Waals surface area contributed by atoms with Crippen LogP contribution in [0.15, 0.2) is 35.3 Å². The molecule has 31 heavy (non-hydrogen) atoms. The van der Waals surface area contributed by atoms with Crippen LogP contribution in [-0.4, -0.2) is 73.6 Å². The van der Waals surface area contributed by atoms with E-state index < -0.39 is 17.7 Å². The Labute approximate surface area is 182 Å². The van der Waals surface area contributed by atoms with Crippen LogP contribution in [0.5, 0.6) is 0 Å². The number of hydrogen-bond acceptors (Lipinski definition) is 6. The highest BCUT2D eigenvalue weighted by atomic mass is 16.6. The molecule has 1 aliphatic heterocycles. The van der Waals surface area contributed by atoms with Gasteiger partial charge >= 0.3 is 6.09 Å². The van der Waals surface area contributed by atoms with Crippen molar-refractivity contribution in [1.82, 2.24) is 9.80 Å². The SMILES string of the molecule is CN(C)/C=N/c1ccc(NC(=O)/C=C/C2COCCN2C(=O)OC(C)(C)C)cc1C#N. The number of nitriles is 1. The van der Waals surface area contributed by atoms with Crippen molar-refractivity contribution in [1.29, 1.82) is 5.26 Å². The predicted octanol–water partition coefficient (Wildman–Crippen LogP) is 2.91. The highest BCUT2D eigenvalue weighted by Crippen LogP contribution is 2.22. The van der Waals surface area contributed by atoms with Gasteiger partial charge in [-0.15, -0.1) is 0 Å². The molecule has 1 unspecified atom stereocenters. The summed E-state index contributed by atoms with van der Waals surface area (Å²) in [5.74, 6) is -0.386. The molecular weight excluding hydrogens is 398 g/mol. The first kappa shape index (κ1) is 23.9. The molecule has 2 amide bonds. The van der Waals surface area contributed by atoms with Gasteiger partial charge in [-0.25, -0.2) is 9.79 Å². The molecule has 0 saturated carbocycles. The molecule has 0 spiro atoms. The van der Waals surface area contributed by atoms with E-state index in [2.05, 4.69) is 16.4 Å². The van der Waals surface area contributed by atoms with Crippen molar-refractivity contribution in [3.05, 3.63) is 35.9 Å². The number of aliphatic imine (C=N–C) groups is 1. The molecule has 1 fully saturated rings. The van der Waals surface area contributed by atoms with E-state index in [-0.39, 0.29) is 12.5 Å². The first-order chi connectivity index (χ1) is 14.6. The van der Waals surface area contributed by atoms with Crippen LogP contribution in [-0.2, 0) is 14.3 Å². The van der Waals surface area contributed by atoms with Crippen molar-refractivity contribution in [2.24, 2.45) is 4.99 Å². The first-order valence-electron chi connectivity index (χ1n) is 9.90. The summed E-state index contributed by atoms with van der Waals surface area (Å²) >= 11 is 0. The van der Waals surface area contributed by atoms with Gasteiger partial charge in [-0.1, -0.05) is 6.08 Å². The predicted molar refractivity (Wildman–Crippen MR) is 118 cm³/mol. The molecule has 1 aromatic rings. The second kappa shape index (κ2) is 10.6. The molecule has 0 radical (unpaired) electrons. The van der Waals surface area contributed by atoms with Crippen molar-refractivity contribution in [3.63, 3.8) is 0 Å². The van der Waals surface area contributed by atoms with E-state index in [1.54, 1.807) is 61.2 Å². The van der Waals surface area contributed by atoms with Gasteiger partial charge in [0, 0.05) is 32.4 Å². The summed E-state index contributed by atoms with van der Waals surface area (Å²) in [6, 6.07) is 6.56. The lowest BCUT2D eigenvalue weighted by molar-refractivity contribution is -0.112. The summed E-state index contributed by atoms with van der Waals surface area (Å²) in [5.41, 5.74) is 0.718. The van der Waals surface area contributed by atoms with E-state index in [1.807, 2.05) is 14.1 Å². The number of rotatable bonds is 5. The van der Waals surface area contributed by atoms with Gasteiger partial charge in [0.1, 0.15) is 11.7 Å². The largest absolute Gasteiger partial charge is 0.444 e. The number of morpholine rings is 1. The third-order valence-corrected chi connectivity index (χ3v) is 4.08. The highest BCUT2D eigenvalue weighted by molar-refractivity contribution is 5.99. The van der Waals surface area contributed by atoms with Gasteiger partial charge in [-0.3, -0.25) is 9.69 Å². The van der Waals surface area contributed by atoms with Gasteiger partial charge in [0.15, 0.2) is 0 Å². The number of carbonyl (C=O) groups is 2. The average Bonchev–Trinajstić information content (AvgIpc) is 2.70. The Hall–Kier alpha value is -3.38. The lowest BCUT2D eigenvalue weighted by Gasteiger charge is -2.35. The highest BCUT2D eigenvalue weighted by Gasteiger charge is 2.29. The normalized spacial score (nSPS) is 16.9. The summed E-state index contributed by atoms with van der Waals surface area (Å²) in [6.45, 7) is 6.48. The Morgan fingerprint density at radius 3 is 2.77 bits per heavy atom. The number of nitrogens with zero attached hydrogens (tertiary/aromatic N) is 4. The van der Waals surface area contributed by atoms with Crippen LogP contribution < -0.4 is 5.32 Å². The third kappa shape index (κ3) is 7.75. The van der Waals surface area contributed by atoms with Crippen molar-refractivity contribution < 1.29 is 19.1 Å². The van der Waals surface area contributed by atoms with E-state index >= 15 is 0 Å². The number of amides is 2. The lowest BCUT2D eigenvalue weighted by Crippen LogP contribution is -2.49. The molecule has 1 aromatic carbocycles. The summed E-state index contributed by atoms with van der Waals surface area (Å²) < 4.78 is 10.9. The minimum atomic E-state index is -0.609. The molecule has 0 bridgehead atoms. The van der Waals surface area contributed by atoms with Crippen LogP contribution in [0.2, 0.25) is 0 Å². The smallest absolute Gasteiger partial charge is 0.410 e. The molecule has 166 valence electrons. The maximum Gasteiger partial charge on any atom is 0.410 e. The molecule has 1 heterocycles. The third-order valence-electron chi connectivity index (χ3n) is 4.08. The molecule has 9 heteroatoms. The number of nitrogens with one attached hydrogen (secondary N) is 1. The minimum Gasteiger partial charge on any atom is -0.444 e. The van der Waals surface area contributed by atoms with Crippen LogP contribution in [0.3, 0.4) is 0 Å². The van der Waals surface area contributed by atoms with E-state index in [4.69, 9.17) is 9.47 Å². The fraction of sp³-hybridized carbons (Fsp3) is 0.455. The second-order valence-corrected chi connectivity index (χ2v) is 8.22. The van der Waals surface area contributed by atoms with Gasteiger partial charge < -0.3 is 19.7 Å². The van der Waals surface area contributed by atoms with Crippen LogP contribution in [0, 0.1) is 11.3 Å². The molecular formula is C22H29N5O4. The fourth-order valence-corrected chi connectivity index (χ4v) is 2.71. The topological polar surface area (TPSA) is 107 Å². The maximum atomic E-state index is 12.4. The Morgan fingerprint density at radius 1 is 1.39 bits per heavy atom. The monoisotopic (exact) mass is 427 g/mol. The van der Waals surface area contributed by atoms with Crippen molar-refractivity contribution in [3.8, 4) is 6.07 Å². The van der Waals surface area contributed by atoms with E-state index in [0.29, 0.717) is 30.1 Å². The number of ether oxygens (including phenoxy) is 2. The summed E-state index contributed by atoms with van der Waals surface area (Å²) in [7, 11) is 3.66. The van der Waals surface area contributed by atoms with Gasteiger partial charge in [0.2, 0.25) is 5.91 Å². The molecule has 1 saturated heterocycles. The van der Waals surface area contributed by atoms with E-state index in [9.17, 15) is 14.9 Å². The Bertz CT molecular complexity index is 896. The van der Waals surface area contributed by atoms with Crippen molar-refractivity contribution in [2.45, 2.75) is 32.4 Å². The Morgan fingerprint density at radius 2 is 2.13 bits per heavy atom. The summed E-state index contributed by atoms with van der Waals surface area (Å²) in [5, 5.41) is 12.1. The van der Waals surface area contributed by atoms with E-state index in [1.165, 1.54) is 6.08 Å². The van der Waals surface area contributed by atoms with Crippen LogP contribution in [0.4, 0.5) is 16.2 Å². The van der Waals surface area contributed by atoms with Crippen LogP contribution in [0.25, 0.3) is 0 Å². The fourth-order valence-electron chi connectivity index (χ4n) is 2.71. The average molecular weight is 428 g/mol. The van der Waals surface area contributed by atoms with Crippen LogP contribution >= 0.6 is 0 Å². The van der Waals surface area contributed by atoms with Gasteiger partial charge in [-0.05, 0) is 39.0 Å². The maximum absolute atomic E-state index is 12.4. The molecule has 1 N–H and O–H groups in total. The Balaban J connectivity index is 2.05. The van der Waals surface area contributed by atoms with Crippen LogP contribution in [0.1, 0.15) is 26.3 Å². The zero-order chi connectivity index (χ0) is 23.0. The molecule has 0 aliphatic carbocycles. The number of benzene rings is 1. The molecule has 2 rings (SSSR count). The minimum absolute atomic E-state index is 0.278. The second-order valence-electron chi connectivity index (χ2n) is 8.22. The quantitative estimate of drug-likeness (QED) is 0.440. The van der Waals surface area contributed by atoms with Crippen molar-refractivity contribution >= 4 is 29.7 Å². The molecule has 1 aliphatic rings. The van der Waals surface area contributed by atoms with Crippen molar-refractivity contribution in [2.75, 3.05) is 39.2 Å². The number of carbonyl (C=O) groups excluding carboxylic acids is 2. The molecule has 9 nitrogen and oxygen atoms in total. The van der Waals surface area contributed by atoms with Gasteiger partial charge in [0.25, 0.3) is 0 Å². The zero-order valence-electron chi connectivity index (χ0n) is 18.6. The Kier molecular flexibility index (Phi) is 8.16. The molecule has 0 aromatic heterocycles. The zero-order valence-corrected chi connectivity index (χ0v) is 18.6. The summed E-state index contributed by atoms with van der Waals surface area (Å²) in [6.07, 6.45) is 4.11. The number of anilines is 1. The molecule has 1 atom stereocenters. The first-order valence-corrected chi connectivity index (χ1v) is 9.90. The summed E-state index contributed by atoms with van der Waals surface area (Å²) in [4.78, 5) is 32.3. The number of hydrogen-bond donors (Lipinski definition) is 1. The van der Waals surface area contributed by atoms with Gasteiger partial charge in [0.05, 0.1) is 36.8 Å². The standard InChI is InChI=1S/C22H29N5O4/c1-22(2,3)31-21(29)27-10-11-30-14-18(27)7-9-20(28)25-17-6-8-19(16(12-17)13-23)24-15-26(4)5/h6-9,12,15,18H,10-11,14H2,1-5H3,(H,25,28)/b9-7+,24-15+.